The molecule has 1 aromatic heterocycles. The van der Waals surface area contributed by atoms with Crippen molar-refractivity contribution in [1.29, 1.82) is 0 Å². The van der Waals surface area contributed by atoms with Crippen LogP contribution in [0.25, 0.3) is 5.69 Å². The van der Waals surface area contributed by atoms with Gasteiger partial charge in [0.1, 0.15) is 0 Å². The molecule has 3 heterocycles. The van der Waals surface area contributed by atoms with Gasteiger partial charge in [-0.1, -0.05) is 66.7 Å². The Morgan fingerprint density at radius 2 is 1.38 bits per heavy atom. The summed E-state index contributed by atoms with van der Waals surface area (Å²) in [6.45, 7) is 6.30. The summed E-state index contributed by atoms with van der Waals surface area (Å²) in [4.78, 5) is 12.7. The number of fused-ring (bicyclic) bond motifs is 4. The third-order valence-electron chi connectivity index (χ3n) is 7.24. The maximum atomic E-state index is 5.31. The molecule has 0 spiro atoms. The van der Waals surface area contributed by atoms with E-state index >= 15 is 0 Å². The molecule has 7 rings (SSSR count). The number of anilines is 2. The van der Waals surface area contributed by atoms with Crippen LogP contribution in [0.5, 0.6) is 0 Å². The van der Waals surface area contributed by atoms with E-state index in [0.717, 1.165) is 45.7 Å². The molecule has 0 saturated carbocycles. The quantitative estimate of drug-likeness (QED) is 0.273. The third kappa shape index (κ3) is 3.92. The zero-order valence-electron chi connectivity index (χ0n) is 22.1. The molecule has 0 radical (unpaired) electrons. The lowest BCUT2D eigenvalue weighted by molar-refractivity contribution is 0.815. The summed E-state index contributed by atoms with van der Waals surface area (Å²) < 4.78 is 1.96. The van der Waals surface area contributed by atoms with E-state index in [4.69, 9.17) is 15.1 Å². The molecule has 1 unspecified atom stereocenters. The van der Waals surface area contributed by atoms with Crippen LogP contribution in [0.1, 0.15) is 34.0 Å². The second kappa shape index (κ2) is 9.10. The smallest absolute Gasteiger partial charge is 0.179 e. The minimum Gasteiger partial charge on any atom is -0.337 e. The Balaban J connectivity index is 1.50. The number of nitrogens with zero attached hydrogens (tertiary/aromatic N) is 5. The molecule has 2 aliphatic heterocycles. The lowest BCUT2D eigenvalue weighted by Crippen LogP contribution is -2.46. The van der Waals surface area contributed by atoms with E-state index in [1.807, 2.05) is 28.9 Å². The van der Waals surface area contributed by atoms with Crippen molar-refractivity contribution in [2.75, 3.05) is 10.2 Å². The van der Waals surface area contributed by atoms with Crippen molar-refractivity contribution < 1.29 is 0 Å². The average Bonchev–Trinajstić information content (AvgIpc) is 3.28. The van der Waals surface area contributed by atoms with Crippen LogP contribution in [-0.4, -0.2) is 21.5 Å². The molecular weight excluding hydrogens is 480 g/mol. The van der Waals surface area contributed by atoms with Crippen molar-refractivity contribution in [3.8, 4) is 5.69 Å². The predicted octanol–water partition coefficient (Wildman–Crippen LogP) is 7.59. The van der Waals surface area contributed by atoms with Crippen molar-refractivity contribution >= 4 is 34.6 Å². The number of aliphatic imine (C=N–C) groups is 2. The highest BCUT2D eigenvalue weighted by molar-refractivity contribution is 6.51. The van der Waals surface area contributed by atoms with Gasteiger partial charge in [-0.25, -0.2) is 14.7 Å². The predicted molar refractivity (Wildman–Crippen MR) is 159 cm³/mol. The molecule has 39 heavy (non-hydrogen) atoms. The Morgan fingerprint density at radius 3 is 2.13 bits per heavy atom. The fourth-order valence-electron chi connectivity index (χ4n) is 5.68. The van der Waals surface area contributed by atoms with Crippen molar-refractivity contribution in [3.05, 3.63) is 131 Å². The summed E-state index contributed by atoms with van der Waals surface area (Å²) in [7, 11) is 0. The average molecular weight is 509 g/mol. The first kappa shape index (κ1) is 23.2. The second-order valence-corrected chi connectivity index (χ2v) is 10.1. The molecule has 4 aromatic carbocycles. The second-order valence-electron chi connectivity index (χ2n) is 10.1. The highest BCUT2D eigenvalue weighted by atomic mass is 15.4. The highest BCUT2D eigenvalue weighted by Gasteiger charge is 2.41. The molecule has 1 atom stereocenters. The largest absolute Gasteiger partial charge is 0.337 e. The fraction of sp³-hybridized carbons (Fsp3) is 0.121. The zero-order valence-corrected chi connectivity index (χ0v) is 22.1. The van der Waals surface area contributed by atoms with Crippen LogP contribution in [0, 0.1) is 20.8 Å². The Morgan fingerprint density at radius 1 is 0.718 bits per heavy atom. The topological polar surface area (TPSA) is 57.8 Å². The van der Waals surface area contributed by atoms with E-state index in [9.17, 15) is 0 Å². The zero-order chi connectivity index (χ0) is 26.5. The number of aryl methyl sites for hydroxylation is 3. The monoisotopic (exact) mass is 508 g/mol. The van der Waals surface area contributed by atoms with E-state index in [0.29, 0.717) is 5.84 Å². The van der Waals surface area contributed by atoms with Crippen molar-refractivity contribution in [2.24, 2.45) is 9.98 Å². The molecule has 6 nitrogen and oxygen atoms in total. The van der Waals surface area contributed by atoms with Gasteiger partial charge < -0.3 is 10.2 Å². The molecule has 1 N–H and O–H groups in total. The Hall–Kier alpha value is -4.97. The van der Waals surface area contributed by atoms with Gasteiger partial charge in [-0.15, -0.1) is 0 Å². The van der Waals surface area contributed by atoms with Crippen LogP contribution in [0.3, 0.4) is 0 Å². The Kier molecular flexibility index (Phi) is 5.40. The van der Waals surface area contributed by atoms with Gasteiger partial charge in [0.15, 0.2) is 17.5 Å². The number of amidine groups is 2. The maximum Gasteiger partial charge on any atom is 0.179 e. The van der Waals surface area contributed by atoms with Crippen molar-refractivity contribution in [2.45, 2.75) is 26.8 Å². The number of hydrogen-bond acceptors (Lipinski definition) is 5. The lowest BCUT2D eigenvalue weighted by Gasteiger charge is -2.40. The number of nitrogens with one attached hydrogen (secondary N) is 1. The van der Waals surface area contributed by atoms with Gasteiger partial charge in [0, 0.05) is 11.3 Å². The number of benzene rings is 4. The summed E-state index contributed by atoms with van der Waals surface area (Å²) in [5.41, 5.74) is 9.49. The normalized spacial score (nSPS) is 15.6. The molecule has 0 amide bonds. The minimum atomic E-state index is -0.126. The van der Waals surface area contributed by atoms with E-state index in [2.05, 4.69) is 110 Å². The van der Waals surface area contributed by atoms with E-state index < -0.39 is 0 Å². The first-order valence-corrected chi connectivity index (χ1v) is 13.2. The number of hydrogen-bond donors (Lipinski definition) is 1. The lowest BCUT2D eigenvalue weighted by atomic mass is 9.93. The number of aromatic nitrogens is 2. The van der Waals surface area contributed by atoms with E-state index in [-0.39, 0.29) is 6.04 Å². The third-order valence-corrected chi connectivity index (χ3v) is 7.24. The summed E-state index contributed by atoms with van der Waals surface area (Å²) in [5, 5.41) is 8.63. The van der Waals surface area contributed by atoms with Gasteiger partial charge >= 0.3 is 0 Å². The van der Waals surface area contributed by atoms with Crippen LogP contribution >= 0.6 is 0 Å². The van der Waals surface area contributed by atoms with Gasteiger partial charge in [0.05, 0.1) is 28.8 Å². The van der Waals surface area contributed by atoms with Crippen molar-refractivity contribution in [3.63, 3.8) is 0 Å². The molecular formula is C33H28N6. The van der Waals surface area contributed by atoms with Crippen LogP contribution < -0.4 is 10.2 Å². The molecule has 2 aliphatic rings. The maximum absolute atomic E-state index is 5.31. The Labute approximate surface area is 228 Å². The first-order chi connectivity index (χ1) is 19.1. The van der Waals surface area contributed by atoms with Crippen molar-refractivity contribution in [1.82, 2.24) is 9.78 Å². The fourth-order valence-corrected chi connectivity index (χ4v) is 5.68. The molecule has 6 heteroatoms. The first-order valence-electron chi connectivity index (χ1n) is 13.2. The van der Waals surface area contributed by atoms with Gasteiger partial charge in [-0.2, -0.15) is 5.10 Å². The summed E-state index contributed by atoms with van der Waals surface area (Å²) in [6.07, 6.45) is 0. The summed E-state index contributed by atoms with van der Waals surface area (Å²) in [5.74, 6) is 2.31. The molecule has 0 saturated heterocycles. The summed E-state index contributed by atoms with van der Waals surface area (Å²) >= 11 is 0. The standard InChI is InChI=1S/C33H28N6/c1-21-18-22(2)20-25(19-21)34-31-33-36-32-29(23(3)37-39(32)26-14-8-5-9-15-26)30(24-12-6-4-7-13-24)38(33)28-17-11-10-16-27(28)35-31/h4-20,30H,1-3H3,(H,34,35). The highest BCUT2D eigenvalue weighted by Crippen LogP contribution is 2.48. The molecule has 0 bridgehead atoms. The van der Waals surface area contributed by atoms with Gasteiger partial charge in [-0.3, -0.25) is 0 Å². The van der Waals surface area contributed by atoms with E-state index in [1.54, 1.807) is 0 Å². The van der Waals surface area contributed by atoms with Gasteiger partial charge in [-0.05, 0) is 73.9 Å². The Bertz CT molecular complexity index is 1740. The van der Waals surface area contributed by atoms with Crippen LogP contribution in [0.2, 0.25) is 0 Å². The van der Waals surface area contributed by atoms with Crippen LogP contribution in [0.15, 0.2) is 113 Å². The van der Waals surface area contributed by atoms with E-state index in [1.165, 1.54) is 16.7 Å². The summed E-state index contributed by atoms with van der Waals surface area (Å²) in [6, 6.07) is 35.4. The van der Waals surface area contributed by atoms with Gasteiger partial charge in [0.25, 0.3) is 0 Å². The molecule has 5 aromatic rings. The van der Waals surface area contributed by atoms with Gasteiger partial charge in [0.2, 0.25) is 0 Å². The number of para-hydroxylation sites is 3. The van der Waals surface area contributed by atoms with Crippen LogP contribution in [0.4, 0.5) is 22.9 Å². The van der Waals surface area contributed by atoms with Crippen LogP contribution in [-0.2, 0) is 0 Å². The molecule has 190 valence electrons. The number of rotatable bonds is 3. The SMILES string of the molecule is Cc1cc(C)cc(NC2=Nc3ccccc3N3C2=Nc2c(c(C)nn2-c2ccccc2)C3c2ccccc2)c1. The minimum absolute atomic E-state index is 0.126. The molecule has 0 fully saturated rings. The molecule has 0 aliphatic carbocycles.